The molecule has 32 heavy (non-hydrogen) atoms. The van der Waals surface area contributed by atoms with Gasteiger partial charge in [-0.15, -0.1) is 0 Å². The highest BCUT2D eigenvalue weighted by atomic mass is 16.5. The summed E-state index contributed by atoms with van der Waals surface area (Å²) < 4.78 is 17.7. The van der Waals surface area contributed by atoms with E-state index in [-0.39, 0.29) is 17.1 Å². The first-order chi connectivity index (χ1) is 15.6. The second-order valence-electron chi connectivity index (χ2n) is 9.77. The molecule has 4 rings (SSSR count). The van der Waals surface area contributed by atoms with Crippen LogP contribution in [0.3, 0.4) is 0 Å². The number of piperidine rings is 1. The summed E-state index contributed by atoms with van der Waals surface area (Å²) in [6, 6.07) is 4.60. The van der Waals surface area contributed by atoms with Gasteiger partial charge in [0.2, 0.25) is 0 Å². The van der Waals surface area contributed by atoms with Crippen LogP contribution in [-0.2, 0) is 21.4 Å². The number of carbonyl (C=O) groups is 1. The zero-order chi connectivity index (χ0) is 22.7. The van der Waals surface area contributed by atoms with Gasteiger partial charge in [-0.2, -0.15) is 0 Å². The van der Waals surface area contributed by atoms with Crippen molar-refractivity contribution in [3.63, 3.8) is 0 Å². The van der Waals surface area contributed by atoms with Crippen molar-refractivity contribution in [3.8, 4) is 11.5 Å². The fourth-order valence-corrected chi connectivity index (χ4v) is 6.21. The fraction of sp³-hybridized carbons (Fsp3) is 0.667. The molecule has 0 radical (unpaired) electrons. The maximum atomic E-state index is 13.0. The van der Waals surface area contributed by atoms with E-state index in [4.69, 9.17) is 14.2 Å². The topological polar surface area (TPSA) is 48.0 Å². The quantitative estimate of drug-likeness (QED) is 0.476. The number of allylic oxidation sites excluding steroid dienone is 1. The van der Waals surface area contributed by atoms with E-state index < -0.39 is 0 Å². The van der Waals surface area contributed by atoms with Crippen molar-refractivity contribution in [2.45, 2.75) is 76.2 Å². The number of likely N-dealkylation sites (N-methyl/N-ethyl adjacent to an activating group) is 1. The Morgan fingerprint density at radius 3 is 2.62 bits per heavy atom. The number of methoxy groups -OCH3 is 2. The standard InChI is InChI=1S/C27H39NO4/c1-5-6-7-8-9-10-15-32-26-23(30-3)12-11-19-16-21-20-17-24(31-4)22(29)18-27(20,25(19)26)13-14-28(21)2/h11-12,17,20-21H,5-10,13-16,18H2,1-4H3/t20-,21+,27-/m1/s1. The molecule has 0 amide bonds. The van der Waals surface area contributed by atoms with Crippen molar-refractivity contribution in [1.82, 2.24) is 4.90 Å². The Balaban J connectivity index is 1.67. The molecule has 0 saturated carbocycles. The van der Waals surface area contributed by atoms with Gasteiger partial charge < -0.3 is 19.1 Å². The van der Waals surface area contributed by atoms with Crippen LogP contribution in [0.5, 0.6) is 11.5 Å². The predicted octanol–water partition coefficient (Wildman–Crippen LogP) is 5.05. The molecule has 1 aromatic carbocycles. The number of hydrogen-bond donors (Lipinski definition) is 0. The van der Waals surface area contributed by atoms with E-state index >= 15 is 0 Å². The van der Waals surface area contributed by atoms with E-state index in [1.54, 1.807) is 14.2 Å². The molecule has 0 aromatic heterocycles. The number of unbranched alkanes of at least 4 members (excludes halogenated alkanes) is 5. The summed E-state index contributed by atoms with van der Waals surface area (Å²) in [5.74, 6) is 2.52. The number of nitrogens with zero attached hydrogens (tertiary/aromatic N) is 1. The first kappa shape index (κ1) is 23.2. The van der Waals surface area contributed by atoms with E-state index in [1.807, 2.05) is 6.07 Å². The number of carbonyl (C=O) groups excluding carboxylic acids is 1. The van der Waals surface area contributed by atoms with Gasteiger partial charge in [0, 0.05) is 29.4 Å². The van der Waals surface area contributed by atoms with Crippen LogP contribution in [0.1, 0.15) is 69.4 Å². The summed E-state index contributed by atoms with van der Waals surface area (Å²) >= 11 is 0. The van der Waals surface area contributed by atoms with Crippen molar-refractivity contribution >= 4 is 5.78 Å². The van der Waals surface area contributed by atoms with E-state index in [9.17, 15) is 4.79 Å². The molecule has 3 aliphatic rings. The van der Waals surface area contributed by atoms with Gasteiger partial charge >= 0.3 is 0 Å². The first-order valence-electron chi connectivity index (χ1n) is 12.4. The third-order valence-corrected chi connectivity index (χ3v) is 7.93. The minimum Gasteiger partial charge on any atom is -0.493 e. The SMILES string of the molecule is CCCCCCCCOc1c(OC)ccc2c1[C@@]13CCN(C)[C@@H](C2)[C@H]1C=C(OC)C(=O)C3. The summed E-state index contributed by atoms with van der Waals surface area (Å²) in [7, 11) is 5.52. The fourth-order valence-electron chi connectivity index (χ4n) is 6.21. The smallest absolute Gasteiger partial charge is 0.197 e. The van der Waals surface area contributed by atoms with Crippen LogP contribution >= 0.6 is 0 Å². The lowest BCUT2D eigenvalue weighted by Crippen LogP contribution is -2.60. The van der Waals surface area contributed by atoms with Crippen molar-refractivity contribution in [2.24, 2.45) is 5.92 Å². The van der Waals surface area contributed by atoms with Crippen LogP contribution in [0.15, 0.2) is 24.0 Å². The van der Waals surface area contributed by atoms with E-state index in [0.29, 0.717) is 24.8 Å². The monoisotopic (exact) mass is 441 g/mol. The summed E-state index contributed by atoms with van der Waals surface area (Å²) in [5.41, 5.74) is 2.28. The predicted molar refractivity (Wildman–Crippen MR) is 126 cm³/mol. The molecule has 2 bridgehead atoms. The molecule has 1 aromatic rings. The second-order valence-corrected chi connectivity index (χ2v) is 9.77. The zero-order valence-corrected chi connectivity index (χ0v) is 20.2. The Kier molecular flexibility index (Phi) is 7.14. The third kappa shape index (κ3) is 4.05. The molecule has 0 spiro atoms. The van der Waals surface area contributed by atoms with Gasteiger partial charge in [-0.3, -0.25) is 4.79 Å². The second kappa shape index (κ2) is 9.86. The molecular weight excluding hydrogens is 402 g/mol. The minimum absolute atomic E-state index is 0.101. The van der Waals surface area contributed by atoms with E-state index in [2.05, 4.69) is 31.0 Å². The summed E-state index contributed by atoms with van der Waals surface area (Å²) in [6.07, 6.45) is 11.9. The highest BCUT2D eigenvalue weighted by Crippen LogP contribution is 2.58. The number of rotatable bonds is 10. The molecule has 1 saturated heterocycles. The van der Waals surface area contributed by atoms with Crippen molar-refractivity contribution in [2.75, 3.05) is 34.4 Å². The Labute approximate surface area is 193 Å². The van der Waals surface area contributed by atoms with Gasteiger partial charge in [0.05, 0.1) is 20.8 Å². The number of ketones is 1. The summed E-state index contributed by atoms with van der Waals surface area (Å²) in [5, 5.41) is 0. The normalized spacial score (nSPS) is 26.8. The molecule has 3 atom stereocenters. The molecule has 1 aliphatic heterocycles. The highest BCUT2D eigenvalue weighted by Gasteiger charge is 2.56. The van der Waals surface area contributed by atoms with Gasteiger partial charge in [0.1, 0.15) is 0 Å². The maximum absolute atomic E-state index is 13.0. The number of Topliss-reactive ketones (excluding diaryl/α,β-unsaturated/α-hetero) is 1. The minimum atomic E-state index is -0.241. The van der Waals surface area contributed by atoms with Crippen LogP contribution in [0.25, 0.3) is 0 Å². The van der Waals surface area contributed by atoms with E-state index in [0.717, 1.165) is 37.3 Å². The molecule has 1 heterocycles. The molecule has 1 fully saturated rings. The number of benzene rings is 1. The average Bonchev–Trinajstić information content (AvgIpc) is 2.80. The van der Waals surface area contributed by atoms with Crippen molar-refractivity contribution in [3.05, 3.63) is 35.1 Å². The molecule has 176 valence electrons. The van der Waals surface area contributed by atoms with E-state index in [1.165, 1.54) is 43.2 Å². The number of likely N-dealkylation sites (tertiary alicyclic amines) is 1. The van der Waals surface area contributed by atoms with Crippen molar-refractivity contribution < 1.29 is 19.0 Å². The molecule has 5 nitrogen and oxygen atoms in total. The summed E-state index contributed by atoms with van der Waals surface area (Å²) in [4.78, 5) is 15.5. The Hall–Kier alpha value is -2.01. The lowest BCUT2D eigenvalue weighted by Gasteiger charge is -2.56. The van der Waals surface area contributed by atoms with Gasteiger partial charge in [0.25, 0.3) is 0 Å². The summed E-state index contributed by atoms with van der Waals surface area (Å²) in [6.45, 7) is 3.92. The zero-order valence-electron chi connectivity index (χ0n) is 20.2. The van der Waals surface area contributed by atoms with Crippen LogP contribution in [0, 0.1) is 5.92 Å². The molecular formula is C27H39NO4. The molecule has 0 N–H and O–H groups in total. The highest BCUT2D eigenvalue weighted by molar-refractivity contribution is 5.96. The largest absolute Gasteiger partial charge is 0.493 e. The Morgan fingerprint density at radius 1 is 1.09 bits per heavy atom. The molecule has 2 aliphatic carbocycles. The molecule has 5 heteroatoms. The van der Waals surface area contributed by atoms with Gasteiger partial charge in [-0.1, -0.05) is 45.1 Å². The first-order valence-corrected chi connectivity index (χ1v) is 12.4. The number of fused-ring (bicyclic) bond motifs is 1. The van der Waals surface area contributed by atoms with Crippen LogP contribution < -0.4 is 9.47 Å². The van der Waals surface area contributed by atoms with Gasteiger partial charge in [0.15, 0.2) is 23.0 Å². The van der Waals surface area contributed by atoms with Crippen LogP contribution in [0.4, 0.5) is 0 Å². The molecule has 0 unspecified atom stereocenters. The Morgan fingerprint density at radius 2 is 1.88 bits per heavy atom. The number of hydrogen-bond acceptors (Lipinski definition) is 5. The number of ether oxygens (including phenoxy) is 3. The lowest BCUT2D eigenvalue weighted by molar-refractivity contribution is -0.122. The Bertz CT molecular complexity index is 863. The maximum Gasteiger partial charge on any atom is 0.197 e. The lowest BCUT2D eigenvalue weighted by atomic mass is 9.53. The average molecular weight is 442 g/mol. The van der Waals surface area contributed by atoms with Gasteiger partial charge in [-0.25, -0.2) is 0 Å². The van der Waals surface area contributed by atoms with Crippen molar-refractivity contribution in [1.29, 1.82) is 0 Å². The van der Waals surface area contributed by atoms with Crippen LogP contribution in [0.2, 0.25) is 0 Å². The van der Waals surface area contributed by atoms with Gasteiger partial charge in [-0.05, 0) is 50.6 Å². The van der Waals surface area contributed by atoms with Crippen LogP contribution in [-0.4, -0.2) is 51.1 Å². The third-order valence-electron chi connectivity index (χ3n) is 7.93.